The van der Waals surface area contributed by atoms with E-state index < -0.39 is 15.3 Å². The maximum absolute atomic E-state index is 13.2. The van der Waals surface area contributed by atoms with Gasteiger partial charge >= 0.3 is 0 Å². The lowest BCUT2D eigenvalue weighted by Crippen LogP contribution is -2.51. The number of carbonyl (C=O) groups excluding carboxylic acids is 1. The van der Waals surface area contributed by atoms with E-state index in [1.165, 1.54) is 6.42 Å². The van der Waals surface area contributed by atoms with Gasteiger partial charge in [0.15, 0.2) is 0 Å². The normalized spacial score (nSPS) is 39.7. The minimum Gasteiger partial charge on any atom is -0.379 e. The van der Waals surface area contributed by atoms with Crippen LogP contribution in [0.25, 0.3) is 0 Å². The molecule has 1 amide bonds. The van der Waals surface area contributed by atoms with Gasteiger partial charge in [-0.05, 0) is 63.2 Å². The Bertz CT molecular complexity index is 700. The van der Waals surface area contributed by atoms with Crippen LogP contribution >= 0.6 is 0 Å². The molecule has 0 aromatic heterocycles. The molecule has 31 heavy (non-hydrogen) atoms. The predicted molar refractivity (Wildman–Crippen MR) is 121 cm³/mol. The Hall–Kier alpha value is -0.700. The van der Waals surface area contributed by atoms with Crippen LogP contribution in [0.15, 0.2) is 0 Å². The second kappa shape index (κ2) is 10.9. The van der Waals surface area contributed by atoms with Crippen LogP contribution in [0.2, 0.25) is 0 Å². The van der Waals surface area contributed by atoms with Crippen molar-refractivity contribution in [2.45, 2.75) is 108 Å². The standard InChI is InChI=1S/C23H42N2O5S/c1-15-7-5-6-8-19(15)25-31(27,28)22-13-17(10-9-16(22)2)23(26)24-18-11-12-20(29-3)21(14-18)30-4/h15-22,25H,5-14H2,1-4H3,(H,24,26). The monoisotopic (exact) mass is 458 g/mol. The SMILES string of the molecule is COC1CCC(NC(=O)C2CCC(C)C(S(=O)(=O)NC3CCCCC3C)C2)CC1OC. The number of hydrogen-bond acceptors (Lipinski definition) is 5. The molecule has 0 radical (unpaired) electrons. The number of carbonyl (C=O) groups is 1. The summed E-state index contributed by atoms with van der Waals surface area (Å²) < 4.78 is 40.5. The van der Waals surface area contributed by atoms with Gasteiger partial charge in [0.05, 0.1) is 17.5 Å². The van der Waals surface area contributed by atoms with E-state index in [2.05, 4.69) is 17.0 Å². The summed E-state index contributed by atoms with van der Waals surface area (Å²) in [5, 5.41) is 2.69. The van der Waals surface area contributed by atoms with Crippen LogP contribution in [-0.2, 0) is 24.3 Å². The number of hydrogen-bond donors (Lipinski definition) is 2. The molecular weight excluding hydrogens is 416 g/mol. The number of methoxy groups -OCH3 is 2. The molecule has 7 nitrogen and oxygen atoms in total. The first-order chi connectivity index (χ1) is 14.7. The zero-order valence-corrected chi connectivity index (χ0v) is 20.5. The molecule has 8 heteroatoms. The molecule has 8 unspecified atom stereocenters. The fourth-order valence-electron chi connectivity index (χ4n) is 5.81. The summed E-state index contributed by atoms with van der Waals surface area (Å²) in [5.74, 6) is 0.185. The van der Waals surface area contributed by atoms with Gasteiger partial charge in [-0.2, -0.15) is 0 Å². The minimum atomic E-state index is -3.45. The molecule has 8 atom stereocenters. The molecule has 0 aromatic carbocycles. The van der Waals surface area contributed by atoms with E-state index in [1.54, 1.807) is 14.2 Å². The number of rotatable bonds is 7. The van der Waals surface area contributed by atoms with Crippen molar-refractivity contribution in [2.75, 3.05) is 14.2 Å². The lowest BCUT2D eigenvalue weighted by atomic mass is 9.81. The molecule has 0 saturated heterocycles. The van der Waals surface area contributed by atoms with Crippen LogP contribution in [0, 0.1) is 17.8 Å². The van der Waals surface area contributed by atoms with Gasteiger partial charge in [-0.15, -0.1) is 0 Å². The molecule has 3 aliphatic carbocycles. The van der Waals surface area contributed by atoms with Crippen molar-refractivity contribution in [1.82, 2.24) is 10.0 Å². The lowest BCUT2D eigenvalue weighted by Gasteiger charge is -2.38. The van der Waals surface area contributed by atoms with Crippen molar-refractivity contribution in [2.24, 2.45) is 17.8 Å². The Balaban J connectivity index is 1.58. The molecule has 3 aliphatic rings. The lowest BCUT2D eigenvalue weighted by molar-refractivity contribution is -0.128. The van der Waals surface area contributed by atoms with Crippen molar-refractivity contribution >= 4 is 15.9 Å². The fraction of sp³-hybridized carbons (Fsp3) is 0.957. The Labute approximate surface area is 188 Å². The summed E-state index contributed by atoms with van der Waals surface area (Å²) in [6.07, 6.45) is 8.65. The minimum absolute atomic E-state index is 0.00569. The van der Waals surface area contributed by atoms with Gasteiger partial charge < -0.3 is 14.8 Å². The van der Waals surface area contributed by atoms with E-state index in [9.17, 15) is 13.2 Å². The Kier molecular flexibility index (Phi) is 8.80. The average molecular weight is 459 g/mol. The smallest absolute Gasteiger partial charge is 0.223 e. The average Bonchev–Trinajstić information content (AvgIpc) is 2.75. The molecule has 180 valence electrons. The molecular formula is C23H42N2O5S. The summed E-state index contributed by atoms with van der Waals surface area (Å²) in [6.45, 7) is 4.15. The third kappa shape index (κ3) is 6.21. The molecule has 3 rings (SSSR count). The Morgan fingerprint density at radius 1 is 0.839 bits per heavy atom. The highest BCUT2D eigenvalue weighted by Crippen LogP contribution is 2.35. The first kappa shape index (κ1) is 24.9. The van der Waals surface area contributed by atoms with E-state index in [0.29, 0.717) is 12.3 Å². The highest BCUT2D eigenvalue weighted by Gasteiger charge is 2.41. The van der Waals surface area contributed by atoms with Gasteiger partial charge in [-0.3, -0.25) is 4.79 Å². The van der Waals surface area contributed by atoms with Crippen LogP contribution in [-0.4, -0.2) is 58.1 Å². The van der Waals surface area contributed by atoms with E-state index in [0.717, 1.165) is 51.4 Å². The topological polar surface area (TPSA) is 93.7 Å². The second-order valence-electron chi connectivity index (χ2n) is 10.1. The Morgan fingerprint density at radius 2 is 1.55 bits per heavy atom. The van der Waals surface area contributed by atoms with Crippen LogP contribution in [0.5, 0.6) is 0 Å². The molecule has 0 aromatic rings. The Morgan fingerprint density at radius 3 is 2.23 bits per heavy atom. The van der Waals surface area contributed by atoms with E-state index in [-0.39, 0.29) is 42.0 Å². The quantitative estimate of drug-likeness (QED) is 0.612. The summed E-state index contributed by atoms with van der Waals surface area (Å²) in [6, 6.07) is 0.0848. The summed E-state index contributed by atoms with van der Waals surface area (Å²) >= 11 is 0. The van der Waals surface area contributed by atoms with Gasteiger partial charge in [0.2, 0.25) is 15.9 Å². The third-order valence-electron chi connectivity index (χ3n) is 8.00. The van der Waals surface area contributed by atoms with Crippen molar-refractivity contribution in [3.8, 4) is 0 Å². The second-order valence-corrected chi connectivity index (χ2v) is 12.1. The summed E-state index contributed by atoms with van der Waals surface area (Å²) in [4.78, 5) is 13.0. The van der Waals surface area contributed by atoms with Crippen LogP contribution in [0.3, 0.4) is 0 Å². The van der Waals surface area contributed by atoms with Gasteiger partial charge in [0, 0.05) is 32.2 Å². The molecule has 0 bridgehead atoms. The molecule has 3 saturated carbocycles. The number of sulfonamides is 1. The van der Waals surface area contributed by atoms with E-state index in [4.69, 9.17) is 9.47 Å². The first-order valence-electron chi connectivity index (χ1n) is 12.1. The fourth-order valence-corrected chi connectivity index (χ4v) is 7.99. The molecule has 2 N–H and O–H groups in total. The van der Waals surface area contributed by atoms with E-state index >= 15 is 0 Å². The van der Waals surface area contributed by atoms with Crippen molar-refractivity contribution in [1.29, 1.82) is 0 Å². The maximum Gasteiger partial charge on any atom is 0.223 e. The van der Waals surface area contributed by atoms with E-state index in [1.807, 2.05) is 6.92 Å². The van der Waals surface area contributed by atoms with Gasteiger partial charge in [0.1, 0.15) is 0 Å². The largest absolute Gasteiger partial charge is 0.379 e. The highest BCUT2D eigenvalue weighted by molar-refractivity contribution is 7.90. The van der Waals surface area contributed by atoms with Gasteiger partial charge in [-0.25, -0.2) is 13.1 Å². The first-order valence-corrected chi connectivity index (χ1v) is 13.7. The molecule has 3 fully saturated rings. The third-order valence-corrected chi connectivity index (χ3v) is 10.1. The van der Waals surface area contributed by atoms with Crippen molar-refractivity contribution in [3.63, 3.8) is 0 Å². The highest BCUT2D eigenvalue weighted by atomic mass is 32.2. The van der Waals surface area contributed by atoms with Crippen molar-refractivity contribution < 1.29 is 22.7 Å². The molecule has 0 heterocycles. The number of ether oxygens (including phenoxy) is 2. The van der Waals surface area contributed by atoms with Crippen molar-refractivity contribution in [3.05, 3.63) is 0 Å². The zero-order valence-electron chi connectivity index (χ0n) is 19.6. The van der Waals surface area contributed by atoms with Crippen LogP contribution in [0.4, 0.5) is 0 Å². The maximum atomic E-state index is 13.2. The van der Waals surface area contributed by atoms with Crippen LogP contribution in [0.1, 0.15) is 78.1 Å². The van der Waals surface area contributed by atoms with Gasteiger partial charge in [0.25, 0.3) is 0 Å². The zero-order chi connectivity index (χ0) is 22.6. The summed E-state index contributed by atoms with van der Waals surface area (Å²) in [5.41, 5.74) is 0. The number of amides is 1. The summed E-state index contributed by atoms with van der Waals surface area (Å²) in [7, 11) is -0.0790. The molecule has 0 spiro atoms. The molecule has 0 aliphatic heterocycles. The van der Waals surface area contributed by atoms with Crippen LogP contribution < -0.4 is 10.0 Å². The number of nitrogens with one attached hydrogen (secondary N) is 2. The predicted octanol–water partition coefficient (Wildman–Crippen LogP) is 2.99. The van der Waals surface area contributed by atoms with Gasteiger partial charge in [-0.1, -0.05) is 26.7 Å².